The molecule has 0 aliphatic carbocycles. The molecule has 0 fully saturated rings. The Balaban J connectivity index is 1.85. The first-order chi connectivity index (χ1) is 12.6. The third-order valence-electron chi connectivity index (χ3n) is 3.83. The predicted octanol–water partition coefficient (Wildman–Crippen LogP) is 3.52. The smallest absolute Gasteiger partial charge is 0.271 e. The zero-order valence-corrected chi connectivity index (χ0v) is 13.9. The summed E-state index contributed by atoms with van der Waals surface area (Å²) in [5.41, 5.74) is 3.11. The van der Waals surface area contributed by atoms with Crippen LogP contribution in [0.2, 0.25) is 0 Å². The van der Waals surface area contributed by atoms with E-state index in [0.29, 0.717) is 5.75 Å². The average molecular weight is 349 g/mol. The summed E-state index contributed by atoms with van der Waals surface area (Å²) in [6.45, 7) is 0. The number of nitro benzene ring substituents is 1. The third kappa shape index (κ3) is 3.51. The molecular formula is C19H15N3O4. The Morgan fingerprint density at radius 3 is 2.73 bits per heavy atom. The monoisotopic (exact) mass is 349 g/mol. The molecule has 1 N–H and O–H groups in total. The molecule has 26 heavy (non-hydrogen) atoms. The number of benzene rings is 3. The van der Waals surface area contributed by atoms with E-state index in [2.05, 4.69) is 10.5 Å². The van der Waals surface area contributed by atoms with E-state index in [0.717, 1.165) is 16.3 Å². The van der Waals surface area contributed by atoms with Crippen LogP contribution in [-0.4, -0.2) is 24.2 Å². The van der Waals surface area contributed by atoms with Crippen molar-refractivity contribution in [3.05, 3.63) is 81.9 Å². The van der Waals surface area contributed by atoms with Crippen LogP contribution in [0.5, 0.6) is 5.75 Å². The topological polar surface area (TPSA) is 93.8 Å². The van der Waals surface area contributed by atoms with E-state index in [1.165, 1.54) is 30.5 Å². The Labute approximate surface area is 149 Å². The molecule has 0 saturated heterocycles. The summed E-state index contributed by atoms with van der Waals surface area (Å²) in [5, 5.41) is 16.7. The van der Waals surface area contributed by atoms with Crippen LogP contribution in [-0.2, 0) is 0 Å². The van der Waals surface area contributed by atoms with Crippen molar-refractivity contribution in [1.82, 2.24) is 5.43 Å². The van der Waals surface area contributed by atoms with Crippen molar-refractivity contribution >= 4 is 28.6 Å². The fourth-order valence-electron chi connectivity index (χ4n) is 2.57. The van der Waals surface area contributed by atoms with Crippen LogP contribution in [0.1, 0.15) is 15.9 Å². The molecule has 3 aromatic carbocycles. The van der Waals surface area contributed by atoms with E-state index in [9.17, 15) is 14.9 Å². The van der Waals surface area contributed by atoms with Crippen LogP contribution in [0.4, 0.5) is 5.69 Å². The number of nitrogens with one attached hydrogen (secondary N) is 1. The second-order valence-corrected chi connectivity index (χ2v) is 5.41. The maximum Gasteiger partial charge on any atom is 0.271 e. The molecule has 130 valence electrons. The van der Waals surface area contributed by atoms with E-state index >= 15 is 0 Å². The second-order valence-electron chi connectivity index (χ2n) is 5.41. The minimum atomic E-state index is -0.555. The molecule has 0 aliphatic rings. The lowest BCUT2D eigenvalue weighted by molar-refractivity contribution is -0.384. The van der Waals surface area contributed by atoms with Crippen LogP contribution in [0.15, 0.2) is 65.8 Å². The molecule has 3 aromatic rings. The first-order valence-corrected chi connectivity index (χ1v) is 7.74. The highest BCUT2D eigenvalue weighted by atomic mass is 16.6. The molecule has 7 heteroatoms. The van der Waals surface area contributed by atoms with Crippen molar-refractivity contribution in [2.45, 2.75) is 0 Å². The number of fused-ring (bicyclic) bond motifs is 1. The lowest BCUT2D eigenvalue weighted by Crippen LogP contribution is -2.17. The molecule has 3 rings (SSSR count). The summed E-state index contributed by atoms with van der Waals surface area (Å²) < 4.78 is 5.36. The van der Waals surface area contributed by atoms with Crippen molar-refractivity contribution in [2.24, 2.45) is 5.10 Å². The lowest BCUT2D eigenvalue weighted by atomic mass is 10.0. The molecule has 1 amide bonds. The van der Waals surface area contributed by atoms with Gasteiger partial charge in [0.15, 0.2) is 0 Å². The van der Waals surface area contributed by atoms with Crippen LogP contribution in [0, 0.1) is 10.1 Å². The van der Waals surface area contributed by atoms with Gasteiger partial charge in [-0.25, -0.2) is 5.43 Å². The standard InChI is InChI=1S/C19H15N3O4/c1-26-18-10-9-13-5-2-3-8-16(13)17(18)12-20-21-19(23)14-6-4-7-15(11-14)22(24)25/h2-12H,1H3,(H,21,23)/b20-12+. The predicted molar refractivity (Wildman–Crippen MR) is 98.7 cm³/mol. The number of ether oxygens (including phenoxy) is 1. The Bertz CT molecular complexity index is 1010. The quantitative estimate of drug-likeness (QED) is 0.433. The summed E-state index contributed by atoms with van der Waals surface area (Å²) in [5.74, 6) is 0.0844. The first kappa shape index (κ1) is 17.1. The van der Waals surface area contributed by atoms with Crippen molar-refractivity contribution in [1.29, 1.82) is 0 Å². The highest BCUT2D eigenvalue weighted by Crippen LogP contribution is 2.26. The maximum absolute atomic E-state index is 12.1. The molecular weight excluding hydrogens is 334 g/mol. The van der Waals surface area contributed by atoms with Crippen LogP contribution >= 0.6 is 0 Å². The Kier molecular flexibility index (Phi) is 4.89. The fourth-order valence-corrected chi connectivity index (χ4v) is 2.57. The highest BCUT2D eigenvalue weighted by molar-refractivity contribution is 6.03. The molecule has 0 heterocycles. The Morgan fingerprint density at radius 1 is 1.15 bits per heavy atom. The zero-order valence-electron chi connectivity index (χ0n) is 13.9. The van der Waals surface area contributed by atoms with Gasteiger partial charge in [-0.1, -0.05) is 36.4 Å². The van der Waals surface area contributed by atoms with Crippen LogP contribution < -0.4 is 10.2 Å². The number of nitro groups is 1. The van der Waals surface area contributed by atoms with Gasteiger partial charge in [0.1, 0.15) is 5.75 Å². The molecule has 0 spiro atoms. The van der Waals surface area contributed by atoms with Gasteiger partial charge in [0.05, 0.1) is 18.2 Å². The van der Waals surface area contributed by atoms with Gasteiger partial charge < -0.3 is 4.74 Å². The number of carbonyl (C=O) groups excluding carboxylic acids is 1. The van der Waals surface area contributed by atoms with Crippen LogP contribution in [0.3, 0.4) is 0 Å². The van der Waals surface area contributed by atoms with Gasteiger partial charge in [-0.05, 0) is 22.9 Å². The minimum absolute atomic E-state index is 0.154. The minimum Gasteiger partial charge on any atom is -0.496 e. The van der Waals surface area contributed by atoms with Gasteiger partial charge in [0, 0.05) is 23.3 Å². The van der Waals surface area contributed by atoms with Gasteiger partial charge in [0.25, 0.3) is 11.6 Å². The average Bonchev–Trinajstić information content (AvgIpc) is 2.68. The maximum atomic E-state index is 12.1. The zero-order chi connectivity index (χ0) is 18.5. The van der Waals surface area contributed by atoms with Crippen molar-refractivity contribution < 1.29 is 14.5 Å². The van der Waals surface area contributed by atoms with Crippen molar-refractivity contribution in [3.8, 4) is 5.75 Å². The third-order valence-corrected chi connectivity index (χ3v) is 3.83. The number of hydrogen-bond donors (Lipinski definition) is 1. The SMILES string of the molecule is COc1ccc2ccccc2c1/C=N/NC(=O)c1cccc([N+](=O)[O-])c1. The van der Waals surface area contributed by atoms with E-state index < -0.39 is 10.8 Å². The summed E-state index contributed by atoms with van der Waals surface area (Å²) in [4.78, 5) is 22.4. The number of hydrogen-bond acceptors (Lipinski definition) is 5. The molecule has 7 nitrogen and oxygen atoms in total. The largest absolute Gasteiger partial charge is 0.496 e. The number of carbonyl (C=O) groups is 1. The molecule has 0 bridgehead atoms. The highest BCUT2D eigenvalue weighted by Gasteiger charge is 2.11. The molecule has 0 atom stereocenters. The molecule has 0 radical (unpaired) electrons. The van der Waals surface area contributed by atoms with Crippen LogP contribution in [0.25, 0.3) is 10.8 Å². The summed E-state index contributed by atoms with van der Waals surface area (Å²) in [7, 11) is 1.56. The van der Waals surface area contributed by atoms with E-state index in [1.54, 1.807) is 7.11 Å². The molecule has 0 saturated carbocycles. The van der Waals surface area contributed by atoms with Gasteiger partial charge in [0.2, 0.25) is 0 Å². The summed E-state index contributed by atoms with van der Waals surface area (Å²) >= 11 is 0. The number of non-ortho nitro benzene ring substituents is 1. The Morgan fingerprint density at radius 2 is 1.96 bits per heavy atom. The number of nitrogens with zero attached hydrogens (tertiary/aromatic N) is 2. The number of hydrazone groups is 1. The van der Waals surface area contributed by atoms with Gasteiger partial charge >= 0.3 is 0 Å². The van der Waals surface area contributed by atoms with Gasteiger partial charge in [-0.3, -0.25) is 14.9 Å². The molecule has 0 unspecified atom stereocenters. The summed E-state index contributed by atoms with van der Waals surface area (Å²) in [6.07, 6.45) is 1.50. The summed E-state index contributed by atoms with van der Waals surface area (Å²) in [6, 6.07) is 16.9. The van der Waals surface area contributed by atoms with Crippen molar-refractivity contribution in [3.63, 3.8) is 0 Å². The lowest BCUT2D eigenvalue weighted by Gasteiger charge is -2.08. The Hall–Kier alpha value is -3.74. The van der Waals surface area contributed by atoms with E-state index in [1.807, 2.05) is 36.4 Å². The number of methoxy groups -OCH3 is 1. The fraction of sp³-hybridized carbons (Fsp3) is 0.0526. The normalized spacial score (nSPS) is 10.8. The van der Waals surface area contributed by atoms with Gasteiger partial charge in [-0.15, -0.1) is 0 Å². The van der Waals surface area contributed by atoms with Gasteiger partial charge in [-0.2, -0.15) is 5.10 Å². The van der Waals surface area contributed by atoms with Crippen molar-refractivity contribution in [2.75, 3.05) is 7.11 Å². The molecule has 0 aliphatic heterocycles. The van der Waals surface area contributed by atoms with E-state index in [-0.39, 0.29) is 11.3 Å². The molecule has 0 aromatic heterocycles. The van der Waals surface area contributed by atoms with E-state index in [4.69, 9.17) is 4.74 Å². The number of rotatable bonds is 5. The number of amides is 1. The second kappa shape index (κ2) is 7.43. The first-order valence-electron chi connectivity index (χ1n) is 7.74.